The number of nitrogens with zero attached hydrogens (tertiary/aromatic N) is 3. The Morgan fingerprint density at radius 2 is 1.84 bits per heavy atom. The maximum Gasteiger partial charge on any atom is 0.495 e. The van der Waals surface area contributed by atoms with Gasteiger partial charge >= 0.3 is 7.12 Å². The van der Waals surface area contributed by atoms with E-state index in [-0.39, 0.29) is 5.83 Å². The van der Waals surface area contributed by atoms with E-state index in [1.54, 1.807) is 6.08 Å². The zero-order chi connectivity index (χ0) is 23.4. The summed E-state index contributed by atoms with van der Waals surface area (Å²) >= 11 is 0. The molecule has 1 aromatic carbocycles. The molecule has 7 heteroatoms. The number of benzene rings is 1. The Hall–Kier alpha value is -1.96. The van der Waals surface area contributed by atoms with Crippen LogP contribution in [0.4, 0.5) is 4.39 Å². The van der Waals surface area contributed by atoms with E-state index in [2.05, 4.69) is 23.7 Å². The Morgan fingerprint density at radius 3 is 2.47 bits per heavy atom. The highest BCUT2D eigenvalue weighted by molar-refractivity contribution is 6.62. The van der Waals surface area contributed by atoms with Crippen LogP contribution in [-0.4, -0.2) is 45.4 Å². The first-order valence-electron chi connectivity index (χ1n) is 11.5. The van der Waals surface area contributed by atoms with Crippen LogP contribution in [-0.2, 0) is 29.3 Å². The highest BCUT2D eigenvalue weighted by atomic mass is 19.1. The molecule has 0 saturated carbocycles. The molecule has 0 atom stereocenters. The van der Waals surface area contributed by atoms with Gasteiger partial charge in [0.15, 0.2) is 11.7 Å². The van der Waals surface area contributed by atoms with E-state index in [9.17, 15) is 0 Å². The molecule has 1 saturated heterocycles. The minimum absolute atomic E-state index is 0.327. The zero-order valence-electron chi connectivity index (χ0n) is 20.6. The number of imidazole rings is 1. The van der Waals surface area contributed by atoms with Gasteiger partial charge in [0.2, 0.25) is 0 Å². The molecule has 1 aromatic heterocycles. The van der Waals surface area contributed by atoms with Crippen molar-refractivity contribution in [1.82, 2.24) is 14.5 Å². The molecule has 3 heterocycles. The molecule has 2 aromatic rings. The van der Waals surface area contributed by atoms with Crippen LogP contribution in [0.1, 0.15) is 69.9 Å². The number of aromatic nitrogens is 2. The number of hydrogen-bond donors (Lipinski definition) is 0. The first-order chi connectivity index (χ1) is 14.9. The minimum atomic E-state index is -0.473. The summed E-state index contributed by atoms with van der Waals surface area (Å²) in [6, 6.07) is 6.30. The molecule has 32 heavy (non-hydrogen) atoms. The highest BCUT2D eigenvalue weighted by Crippen LogP contribution is 2.37. The fourth-order valence-electron chi connectivity index (χ4n) is 4.46. The van der Waals surface area contributed by atoms with Crippen LogP contribution in [0.5, 0.6) is 0 Å². The molecule has 0 amide bonds. The summed E-state index contributed by atoms with van der Waals surface area (Å²) in [7, 11) is 1.44. The normalized spacial score (nSPS) is 20.8. The molecule has 1 fully saturated rings. The highest BCUT2D eigenvalue weighted by Gasteiger charge is 2.52. The molecule has 0 radical (unpaired) electrons. The van der Waals surface area contributed by atoms with Crippen molar-refractivity contribution in [1.29, 1.82) is 0 Å². The predicted molar refractivity (Wildman–Crippen MR) is 128 cm³/mol. The first-order valence-corrected chi connectivity index (χ1v) is 11.5. The van der Waals surface area contributed by atoms with Crippen LogP contribution < -0.4 is 5.46 Å². The molecule has 4 rings (SSSR count). The molecule has 172 valence electrons. The lowest BCUT2D eigenvalue weighted by Gasteiger charge is -2.32. The van der Waals surface area contributed by atoms with Gasteiger partial charge in [-0.1, -0.05) is 18.2 Å². The molecule has 5 nitrogen and oxygen atoms in total. The van der Waals surface area contributed by atoms with Gasteiger partial charge in [0.1, 0.15) is 0 Å². The summed E-state index contributed by atoms with van der Waals surface area (Å²) in [4.78, 5) is 7.05. The Labute approximate surface area is 191 Å². The SMILES string of the molecule is Cc1c(/C=C(\F)c2nc3c(n2C)CCN(C(C)C)C3)cccc1B1OC(C)(C)C(C)(C)O1. The van der Waals surface area contributed by atoms with Gasteiger partial charge in [0.25, 0.3) is 0 Å². The van der Waals surface area contributed by atoms with Crippen molar-refractivity contribution in [2.45, 2.75) is 78.7 Å². The summed E-state index contributed by atoms with van der Waals surface area (Å²) in [5.41, 5.74) is 3.95. The van der Waals surface area contributed by atoms with Crippen molar-refractivity contribution in [3.05, 3.63) is 46.5 Å². The molecule has 0 spiro atoms. The zero-order valence-corrected chi connectivity index (χ0v) is 20.6. The largest absolute Gasteiger partial charge is 0.495 e. The summed E-state index contributed by atoms with van der Waals surface area (Å²) in [6.45, 7) is 16.3. The van der Waals surface area contributed by atoms with Gasteiger partial charge in [-0.3, -0.25) is 4.90 Å². The topological polar surface area (TPSA) is 39.5 Å². The third-order valence-electron chi connectivity index (χ3n) is 7.44. The van der Waals surface area contributed by atoms with Crippen molar-refractivity contribution >= 4 is 24.5 Å². The van der Waals surface area contributed by atoms with Crippen molar-refractivity contribution in [3.63, 3.8) is 0 Å². The summed E-state index contributed by atoms with van der Waals surface area (Å²) < 4.78 is 29.8. The van der Waals surface area contributed by atoms with Gasteiger partial charge in [0, 0.05) is 38.3 Å². The monoisotopic (exact) mass is 439 g/mol. The lowest BCUT2D eigenvalue weighted by atomic mass is 9.75. The lowest BCUT2D eigenvalue weighted by molar-refractivity contribution is 0.00578. The lowest BCUT2D eigenvalue weighted by Crippen LogP contribution is -2.41. The Balaban J connectivity index is 1.64. The second-order valence-electron chi connectivity index (χ2n) is 10.3. The van der Waals surface area contributed by atoms with Crippen LogP contribution in [0.15, 0.2) is 18.2 Å². The molecule has 2 aliphatic heterocycles. The Bertz CT molecular complexity index is 1040. The van der Waals surface area contributed by atoms with Gasteiger partial charge in [-0.2, -0.15) is 0 Å². The van der Waals surface area contributed by atoms with E-state index in [4.69, 9.17) is 9.31 Å². The standard InChI is InChI=1S/C25H35BFN3O2/c1-16(2)30-13-12-22-21(15-30)28-23(29(22)8)20(27)14-18-10-9-11-19(17(18)3)26-31-24(4,5)25(6,7)32-26/h9-11,14,16H,12-13,15H2,1-8H3/b20-14-. The van der Waals surface area contributed by atoms with Gasteiger partial charge < -0.3 is 13.9 Å². The average molecular weight is 439 g/mol. The van der Waals surface area contributed by atoms with Crippen LogP contribution in [0.25, 0.3) is 11.9 Å². The Kier molecular flexibility index (Phi) is 5.89. The van der Waals surface area contributed by atoms with E-state index in [1.807, 2.05) is 64.4 Å². The van der Waals surface area contributed by atoms with E-state index in [0.717, 1.165) is 47.5 Å². The van der Waals surface area contributed by atoms with Gasteiger partial charge in [-0.15, -0.1) is 0 Å². The fraction of sp³-hybridized carbons (Fsp3) is 0.560. The van der Waals surface area contributed by atoms with Crippen molar-refractivity contribution in [3.8, 4) is 0 Å². The summed E-state index contributed by atoms with van der Waals surface area (Å²) in [6.07, 6.45) is 2.47. The molecule has 2 aliphatic rings. The van der Waals surface area contributed by atoms with Crippen molar-refractivity contribution in [2.75, 3.05) is 6.54 Å². The van der Waals surface area contributed by atoms with Crippen molar-refractivity contribution in [2.24, 2.45) is 7.05 Å². The maximum absolute atomic E-state index is 15.5. The Morgan fingerprint density at radius 1 is 1.19 bits per heavy atom. The quantitative estimate of drug-likeness (QED) is 0.668. The van der Waals surface area contributed by atoms with Gasteiger partial charge in [0.05, 0.1) is 16.9 Å². The molecule has 0 unspecified atom stereocenters. The van der Waals surface area contributed by atoms with Crippen LogP contribution in [0, 0.1) is 6.92 Å². The molecular formula is C25H35BFN3O2. The van der Waals surface area contributed by atoms with Crippen LogP contribution >= 0.6 is 0 Å². The molecular weight excluding hydrogens is 404 g/mol. The van der Waals surface area contributed by atoms with E-state index in [0.29, 0.717) is 11.9 Å². The number of rotatable bonds is 4. The van der Waals surface area contributed by atoms with E-state index < -0.39 is 18.3 Å². The fourth-order valence-corrected chi connectivity index (χ4v) is 4.46. The van der Waals surface area contributed by atoms with Crippen molar-refractivity contribution < 1.29 is 13.7 Å². The summed E-state index contributed by atoms with van der Waals surface area (Å²) in [5.74, 6) is 0.0632. The van der Waals surface area contributed by atoms with Gasteiger partial charge in [-0.05, 0) is 71.1 Å². The summed E-state index contributed by atoms with van der Waals surface area (Å²) in [5, 5.41) is 0. The second kappa shape index (κ2) is 8.12. The van der Waals surface area contributed by atoms with Gasteiger partial charge in [-0.25, -0.2) is 9.37 Å². The third-order valence-corrected chi connectivity index (χ3v) is 7.44. The smallest absolute Gasteiger partial charge is 0.399 e. The molecule has 0 N–H and O–H groups in total. The number of hydrogen-bond acceptors (Lipinski definition) is 4. The third kappa shape index (κ3) is 3.95. The molecule has 0 aliphatic carbocycles. The van der Waals surface area contributed by atoms with Crippen LogP contribution in [0.3, 0.4) is 0 Å². The predicted octanol–water partition coefficient (Wildman–Crippen LogP) is 4.26. The minimum Gasteiger partial charge on any atom is -0.399 e. The van der Waals surface area contributed by atoms with Crippen LogP contribution in [0.2, 0.25) is 0 Å². The average Bonchev–Trinajstić information content (AvgIpc) is 3.15. The first kappa shape index (κ1) is 23.2. The number of halogens is 1. The maximum atomic E-state index is 15.5. The van der Waals surface area contributed by atoms with E-state index >= 15 is 4.39 Å². The van der Waals surface area contributed by atoms with E-state index in [1.165, 1.54) is 0 Å². The molecule has 0 bridgehead atoms. The second-order valence-corrected chi connectivity index (χ2v) is 10.3. The number of fused-ring (bicyclic) bond motifs is 1.